The number of nitrogen functional groups attached to an aromatic ring is 1. The van der Waals surface area contributed by atoms with E-state index in [4.69, 9.17) is 5.73 Å². The molecule has 0 atom stereocenters. The van der Waals surface area contributed by atoms with Gasteiger partial charge in [0.25, 0.3) is 5.91 Å². The minimum atomic E-state index is -0.298. The molecule has 2 aromatic rings. The Bertz CT molecular complexity index is 515. The molecule has 0 fully saturated rings. The zero-order valence-electron chi connectivity index (χ0n) is 7.85. The first kappa shape index (κ1) is 11.0. The second-order valence-corrected chi connectivity index (χ2v) is 4.47. The van der Waals surface area contributed by atoms with E-state index in [9.17, 15) is 4.79 Å². The molecule has 16 heavy (non-hydrogen) atoms. The number of nitrogens with two attached hydrogens (primary N) is 1. The average Bonchev–Trinajstić information content (AvgIpc) is 2.75. The van der Waals surface area contributed by atoms with Gasteiger partial charge in [-0.3, -0.25) is 4.79 Å². The van der Waals surface area contributed by atoms with E-state index in [-0.39, 0.29) is 5.91 Å². The Kier molecular flexibility index (Phi) is 3.11. The molecule has 8 heteroatoms. The number of carbonyl (C=O) groups is 1. The van der Waals surface area contributed by atoms with E-state index in [0.29, 0.717) is 20.9 Å². The maximum Gasteiger partial charge on any atom is 0.270 e. The molecule has 0 spiro atoms. The topological polar surface area (TPSA) is 93.8 Å². The van der Waals surface area contributed by atoms with Crippen molar-refractivity contribution in [1.82, 2.24) is 14.6 Å². The van der Waals surface area contributed by atoms with Crippen LogP contribution in [0.2, 0.25) is 0 Å². The van der Waals surface area contributed by atoms with Crippen molar-refractivity contribution in [3.05, 3.63) is 27.8 Å². The number of carbonyl (C=O) groups excluding carboxylic acids is 1. The molecular weight excluding hydrogens is 294 g/mol. The van der Waals surface area contributed by atoms with Crippen LogP contribution in [0.1, 0.15) is 9.67 Å². The third-order valence-corrected chi connectivity index (χ3v) is 2.95. The first-order valence-corrected chi connectivity index (χ1v) is 5.73. The Morgan fingerprint density at radius 3 is 2.94 bits per heavy atom. The van der Waals surface area contributed by atoms with Crippen LogP contribution in [0.15, 0.2) is 22.9 Å². The zero-order chi connectivity index (χ0) is 11.5. The number of hydrogen-bond acceptors (Lipinski definition) is 6. The summed E-state index contributed by atoms with van der Waals surface area (Å²) in [5.41, 5.74) is 6.05. The summed E-state index contributed by atoms with van der Waals surface area (Å²) in [7, 11) is 0. The summed E-state index contributed by atoms with van der Waals surface area (Å²) >= 11 is 4.27. The number of aromatic nitrogens is 3. The van der Waals surface area contributed by atoms with Gasteiger partial charge < -0.3 is 11.1 Å². The maximum absolute atomic E-state index is 11.6. The van der Waals surface area contributed by atoms with Crippen LogP contribution in [0.25, 0.3) is 0 Å². The van der Waals surface area contributed by atoms with Gasteiger partial charge in [-0.15, -0.1) is 5.10 Å². The highest BCUT2D eigenvalue weighted by molar-refractivity contribution is 9.10. The Balaban J connectivity index is 2.18. The monoisotopic (exact) mass is 299 g/mol. The molecule has 82 valence electrons. The number of halogens is 1. The van der Waals surface area contributed by atoms with E-state index in [0.717, 1.165) is 11.5 Å². The van der Waals surface area contributed by atoms with Gasteiger partial charge in [-0.25, -0.2) is 4.98 Å². The van der Waals surface area contributed by atoms with Crippen molar-refractivity contribution in [1.29, 1.82) is 0 Å². The zero-order valence-corrected chi connectivity index (χ0v) is 10.2. The predicted octanol–water partition coefficient (Wildman–Crippen LogP) is 1.53. The minimum Gasteiger partial charge on any atom is -0.397 e. The Morgan fingerprint density at radius 1 is 1.50 bits per heavy atom. The summed E-state index contributed by atoms with van der Waals surface area (Å²) < 4.78 is 4.22. The first-order chi connectivity index (χ1) is 7.66. The Hall–Kier alpha value is -1.54. The molecule has 0 radical (unpaired) electrons. The number of nitrogens with zero attached hydrogens (tertiary/aromatic N) is 3. The van der Waals surface area contributed by atoms with Crippen molar-refractivity contribution in [2.45, 2.75) is 0 Å². The summed E-state index contributed by atoms with van der Waals surface area (Å²) in [6, 6.07) is 1.66. The molecule has 3 N–H and O–H groups in total. The molecule has 0 aromatic carbocycles. The molecule has 0 unspecified atom stereocenters. The van der Waals surface area contributed by atoms with Gasteiger partial charge >= 0.3 is 0 Å². The van der Waals surface area contributed by atoms with Crippen LogP contribution in [0.5, 0.6) is 0 Å². The van der Waals surface area contributed by atoms with Crippen molar-refractivity contribution in [3.8, 4) is 0 Å². The van der Waals surface area contributed by atoms with Crippen molar-refractivity contribution in [2.24, 2.45) is 0 Å². The highest BCUT2D eigenvalue weighted by Crippen LogP contribution is 2.22. The molecule has 2 heterocycles. The SMILES string of the molecule is Nc1cnc(NC(=O)c2cnns2)c(Br)c1. The molecule has 2 rings (SSSR count). The summed E-state index contributed by atoms with van der Waals surface area (Å²) in [4.78, 5) is 16.0. The molecule has 0 aliphatic rings. The van der Waals surface area contributed by atoms with Crippen LogP contribution in [-0.4, -0.2) is 20.5 Å². The van der Waals surface area contributed by atoms with Gasteiger partial charge in [0.2, 0.25) is 0 Å². The maximum atomic E-state index is 11.6. The Morgan fingerprint density at radius 2 is 2.31 bits per heavy atom. The smallest absolute Gasteiger partial charge is 0.270 e. The van der Waals surface area contributed by atoms with Crippen molar-refractivity contribution in [2.75, 3.05) is 11.1 Å². The summed E-state index contributed by atoms with van der Waals surface area (Å²) in [6.45, 7) is 0. The van der Waals surface area contributed by atoms with Crippen LogP contribution in [0.3, 0.4) is 0 Å². The lowest BCUT2D eigenvalue weighted by molar-refractivity contribution is 0.103. The van der Waals surface area contributed by atoms with Gasteiger partial charge in [-0.2, -0.15) is 0 Å². The van der Waals surface area contributed by atoms with E-state index in [1.165, 1.54) is 12.4 Å². The van der Waals surface area contributed by atoms with Crippen molar-refractivity contribution >= 4 is 44.9 Å². The van der Waals surface area contributed by atoms with Gasteiger partial charge in [0.05, 0.1) is 22.6 Å². The summed E-state index contributed by atoms with van der Waals surface area (Å²) in [6.07, 6.45) is 2.86. The summed E-state index contributed by atoms with van der Waals surface area (Å²) in [5.74, 6) is 0.112. The first-order valence-electron chi connectivity index (χ1n) is 4.16. The Labute approximate surface area is 103 Å². The standard InChI is InChI=1S/C8H6BrN5OS/c9-5-1-4(10)2-11-7(5)13-8(15)6-3-12-14-16-6/h1-3H,10H2,(H,11,13,15). The fourth-order valence-corrected chi connectivity index (χ4v) is 1.86. The lowest BCUT2D eigenvalue weighted by Crippen LogP contribution is -2.12. The van der Waals surface area contributed by atoms with Crippen LogP contribution >= 0.6 is 27.5 Å². The van der Waals surface area contributed by atoms with Crippen LogP contribution < -0.4 is 11.1 Å². The lowest BCUT2D eigenvalue weighted by Gasteiger charge is -2.04. The number of amides is 1. The lowest BCUT2D eigenvalue weighted by atomic mass is 10.4. The van der Waals surface area contributed by atoms with Gasteiger partial charge in [0.1, 0.15) is 10.7 Å². The molecule has 2 aromatic heterocycles. The molecule has 1 amide bonds. The molecule has 0 bridgehead atoms. The van der Waals surface area contributed by atoms with Crippen LogP contribution in [0.4, 0.5) is 11.5 Å². The van der Waals surface area contributed by atoms with E-state index < -0.39 is 0 Å². The van der Waals surface area contributed by atoms with E-state index in [2.05, 4.69) is 35.8 Å². The average molecular weight is 300 g/mol. The second kappa shape index (κ2) is 4.54. The van der Waals surface area contributed by atoms with Crippen molar-refractivity contribution in [3.63, 3.8) is 0 Å². The molecule has 0 aliphatic heterocycles. The number of rotatable bonds is 2. The number of pyridine rings is 1. The number of hydrogen-bond donors (Lipinski definition) is 2. The molecular formula is C8H6BrN5OS. The number of nitrogens with one attached hydrogen (secondary N) is 1. The van der Waals surface area contributed by atoms with Crippen molar-refractivity contribution < 1.29 is 4.79 Å². The fraction of sp³-hybridized carbons (Fsp3) is 0. The number of anilines is 2. The summed E-state index contributed by atoms with van der Waals surface area (Å²) in [5, 5.41) is 6.19. The van der Waals surface area contributed by atoms with E-state index >= 15 is 0 Å². The van der Waals surface area contributed by atoms with Gasteiger partial charge in [-0.1, -0.05) is 4.49 Å². The highest BCUT2D eigenvalue weighted by Gasteiger charge is 2.11. The second-order valence-electron chi connectivity index (χ2n) is 2.83. The van der Waals surface area contributed by atoms with Gasteiger partial charge in [-0.05, 0) is 33.5 Å². The normalized spacial score (nSPS) is 10.1. The van der Waals surface area contributed by atoms with Crippen LogP contribution in [0, 0.1) is 0 Å². The molecule has 0 saturated heterocycles. The minimum absolute atomic E-state index is 0.298. The molecule has 0 aliphatic carbocycles. The quantitative estimate of drug-likeness (QED) is 0.877. The van der Waals surface area contributed by atoms with Gasteiger partial charge in [0, 0.05) is 0 Å². The largest absolute Gasteiger partial charge is 0.397 e. The fourth-order valence-electron chi connectivity index (χ4n) is 0.981. The molecule has 6 nitrogen and oxygen atoms in total. The predicted molar refractivity (Wildman–Crippen MR) is 64.2 cm³/mol. The third-order valence-electron chi connectivity index (χ3n) is 1.68. The highest BCUT2D eigenvalue weighted by atomic mass is 79.9. The van der Waals surface area contributed by atoms with Crippen LogP contribution in [-0.2, 0) is 0 Å². The molecule has 0 saturated carbocycles. The van der Waals surface area contributed by atoms with Gasteiger partial charge in [0.15, 0.2) is 0 Å². The van der Waals surface area contributed by atoms with E-state index in [1.807, 2.05) is 0 Å². The third kappa shape index (κ3) is 2.34. The van der Waals surface area contributed by atoms with E-state index in [1.54, 1.807) is 6.07 Å².